The van der Waals surface area contributed by atoms with Crippen LogP contribution in [0.25, 0.3) is 0 Å². The predicted octanol–water partition coefficient (Wildman–Crippen LogP) is 3.80. The van der Waals surface area contributed by atoms with E-state index < -0.39 is 10.0 Å². The molecule has 1 N–H and O–H groups in total. The highest BCUT2D eigenvalue weighted by molar-refractivity contribution is 9.10. The van der Waals surface area contributed by atoms with Crippen LogP contribution >= 0.6 is 43.5 Å². The SMILES string of the molecule is CC(C)(CBr)CNS(=O)(=O)c1ccc(Cl)c(Br)c1. The van der Waals surface area contributed by atoms with Crippen molar-refractivity contribution in [3.05, 3.63) is 27.7 Å². The molecule has 0 spiro atoms. The summed E-state index contributed by atoms with van der Waals surface area (Å²) in [5.41, 5.74) is -0.142. The van der Waals surface area contributed by atoms with Crippen LogP contribution < -0.4 is 4.72 Å². The first-order valence-corrected chi connectivity index (χ1v) is 8.96. The summed E-state index contributed by atoms with van der Waals surface area (Å²) in [7, 11) is -3.50. The van der Waals surface area contributed by atoms with E-state index in [1.807, 2.05) is 13.8 Å². The summed E-state index contributed by atoms with van der Waals surface area (Å²) < 4.78 is 27.3. The lowest BCUT2D eigenvalue weighted by molar-refractivity contribution is 0.420. The average Bonchev–Trinajstić information content (AvgIpc) is 2.30. The van der Waals surface area contributed by atoms with Gasteiger partial charge in [0.2, 0.25) is 10.0 Å². The van der Waals surface area contributed by atoms with Crippen molar-refractivity contribution in [2.75, 3.05) is 11.9 Å². The van der Waals surface area contributed by atoms with Gasteiger partial charge in [-0.25, -0.2) is 13.1 Å². The van der Waals surface area contributed by atoms with Crippen LogP contribution in [-0.2, 0) is 10.0 Å². The molecule has 0 saturated heterocycles. The van der Waals surface area contributed by atoms with E-state index in [9.17, 15) is 8.42 Å². The number of hydrogen-bond donors (Lipinski definition) is 1. The maximum Gasteiger partial charge on any atom is 0.240 e. The number of hydrogen-bond acceptors (Lipinski definition) is 2. The monoisotopic (exact) mass is 417 g/mol. The van der Waals surface area contributed by atoms with Gasteiger partial charge in [0.25, 0.3) is 0 Å². The van der Waals surface area contributed by atoms with Gasteiger partial charge in [-0.15, -0.1) is 0 Å². The molecule has 102 valence electrons. The molecule has 1 aromatic carbocycles. The molecule has 0 aliphatic rings. The van der Waals surface area contributed by atoms with E-state index in [1.165, 1.54) is 12.1 Å². The molecule has 0 aliphatic carbocycles. The molecule has 1 aromatic rings. The topological polar surface area (TPSA) is 46.2 Å². The first-order valence-electron chi connectivity index (χ1n) is 5.19. The Morgan fingerprint density at radius 3 is 2.50 bits per heavy atom. The zero-order chi connectivity index (χ0) is 14.0. The lowest BCUT2D eigenvalue weighted by atomic mass is 9.98. The summed E-state index contributed by atoms with van der Waals surface area (Å²) in [5.74, 6) is 0. The molecule has 0 aromatic heterocycles. The Labute approximate surface area is 130 Å². The van der Waals surface area contributed by atoms with Gasteiger partial charge in [0.05, 0.1) is 9.92 Å². The van der Waals surface area contributed by atoms with E-state index in [4.69, 9.17) is 11.6 Å². The van der Waals surface area contributed by atoms with Crippen molar-refractivity contribution in [3.63, 3.8) is 0 Å². The van der Waals surface area contributed by atoms with Gasteiger partial charge >= 0.3 is 0 Å². The van der Waals surface area contributed by atoms with Crippen molar-refractivity contribution in [1.29, 1.82) is 0 Å². The van der Waals surface area contributed by atoms with Crippen LogP contribution in [0, 0.1) is 5.41 Å². The van der Waals surface area contributed by atoms with Gasteiger partial charge < -0.3 is 0 Å². The van der Waals surface area contributed by atoms with E-state index in [0.29, 0.717) is 21.4 Å². The van der Waals surface area contributed by atoms with Crippen LogP contribution in [0.4, 0.5) is 0 Å². The number of sulfonamides is 1. The average molecular weight is 420 g/mol. The van der Waals surface area contributed by atoms with Crippen LogP contribution in [0.2, 0.25) is 5.02 Å². The van der Waals surface area contributed by atoms with Gasteiger partial charge in [-0.1, -0.05) is 41.4 Å². The first kappa shape index (κ1) is 16.4. The third-order valence-electron chi connectivity index (χ3n) is 2.30. The molecular formula is C11H14Br2ClNO2S. The molecule has 3 nitrogen and oxygen atoms in total. The van der Waals surface area contributed by atoms with E-state index in [-0.39, 0.29) is 10.3 Å². The Balaban J connectivity index is 2.90. The van der Waals surface area contributed by atoms with Crippen LogP contribution in [-0.4, -0.2) is 20.3 Å². The minimum absolute atomic E-state index is 0.142. The second-order valence-electron chi connectivity index (χ2n) is 4.70. The Hall–Kier alpha value is 0.380. The Morgan fingerprint density at radius 1 is 1.39 bits per heavy atom. The van der Waals surface area contributed by atoms with Crippen molar-refractivity contribution >= 4 is 53.5 Å². The Morgan fingerprint density at radius 2 is 2.00 bits per heavy atom. The zero-order valence-electron chi connectivity index (χ0n) is 10.0. The molecule has 0 atom stereocenters. The fourth-order valence-electron chi connectivity index (χ4n) is 1.06. The number of nitrogens with one attached hydrogen (secondary N) is 1. The molecule has 7 heteroatoms. The summed E-state index contributed by atoms with van der Waals surface area (Å²) in [4.78, 5) is 0.198. The van der Waals surface area contributed by atoms with Crippen LogP contribution in [0.1, 0.15) is 13.8 Å². The minimum atomic E-state index is -3.50. The predicted molar refractivity (Wildman–Crippen MR) is 81.9 cm³/mol. The second kappa shape index (κ2) is 6.22. The fourth-order valence-corrected chi connectivity index (χ4v) is 3.18. The third-order valence-corrected chi connectivity index (χ3v) is 6.43. The third kappa shape index (κ3) is 4.49. The number of benzene rings is 1. The van der Waals surface area contributed by atoms with Crippen molar-refractivity contribution in [2.24, 2.45) is 5.41 Å². The lowest BCUT2D eigenvalue weighted by Gasteiger charge is -2.21. The van der Waals surface area contributed by atoms with Crippen LogP contribution in [0.3, 0.4) is 0 Å². The lowest BCUT2D eigenvalue weighted by Crippen LogP contribution is -2.34. The van der Waals surface area contributed by atoms with Crippen molar-refractivity contribution in [2.45, 2.75) is 18.7 Å². The van der Waals surface area contributed by atoms with Crippen molar-refractivity contribution < 1.29 is 8.42 Å². The first-order chi connectivity index (χ1) is 8.18. The van der Waals surface area contributed by atoms with E-state index in [0.717, 1.165) is 0 Å². The molecule has 18 heavy (non-hydrogen) atoms. The molecule has 0 bridgehead atoms. The summed E-state index contributed by atoms with van der Waals surface area (Å²) in [6.45, 7) is 4.31. The number of halogens is 3. The molecule has 1 rings (SSSR count). The van der Waals surface area contributed by atoms with Gasteiger partial charge in [0, 0.05) is 16.3 Å². The molecule has 0 saturated carbocycles. The van der Waals surface area contributed by atoms with E-state index >= 15 is 0 Å². The maximum atomic E-state index is 12.1. The maximum absolute atomic E-state index is 12.1. The highest BCUT2D eigenvalue weighted by atomic mass is 79.9. The van der Waals surface area contributed by atoms with Gasteiger partial charge in [0.15, 0.2) is 0 Å². The van der Waals surface area contributed by atoms with Crippen LogP contribution in [0.5, 0.6) is 0 Å². The summed E-state index contributed by atoms with van der Waals surface area (Å²) in [6.07, 6.45) is 0. The zero-order valence-corrected chi connectivity index (χ0v) is 14.7. The molecule has 0 heterocycles. The summed E-state index contributed by atoms with van der Waals surface area (Å²) in [5, 5.41) is 1.20. The van der Waals surface area contributed by atoms with Crippen LogP contribution in [0.15, 0.2) is 27.6 Å². The van der Waals surface area contributed by atoms with Crippen molar-refractivity contribution in [3.8, 4) is 0 Å². The highest BCUT2D eigenvalue weighted by Crippen LogP contribution is 2.25. The largest absolute Gasteiger partial charge is 0.240 e. The normalized spacial score (nSPS) is 12.7. The molecule has 0 fully saturated rings. The smallest absolute Gasteiger partial charge is 0.211 e. The summed E-state index contributed by atoms with van der Waals surface area (Å²) >= 11 is 12.4. The van der Waals surface area contributed by atoms with Gasteiger partial charge in [0.1, 0.15) is 0 Å². The molecule has 0 unspecified atom stereocenters. The Bertz CT molecular complexity index is 532. The Kier molecular flexibility index (Phi) is 5.68. The van der Waals surface area contributed by atoms with Gasteiger partial charge in [-0.2, -0.15) is 0 Å². The van der Waals surface area contributed by atoms with E-state index in [2.05, 4.69) is 36.6 Å². The van der Waals surface area contributed by atoms with Gasteiger partial charge in [-0.3, -0.25) is 0 Å². The van der Waals surface area contributed by atoms with Crippen molar-refractivity contribution in [1.82, 2.24) is 4.72 Å². The highest BCUT2D eigenvalue weighted by Gasteiger charge is 2.21. The number of rotatable bonds is 5. The fraction of sp³-hybridized carbons (Fsp3) is 0.455. The van der Waals surface area contributed by atoms with E-state index in [1.54, 1.807) is 6.07 Å². The molecular weight excluding hydrogens is 405 g/mol. The standard InChI is InChI=1S/C11H14Br2ClNO2S/c1-11(2,6-12)7-15-18(16,17)8-3-4-10(14)9(13)5-8/h3-5,15H,6-7H2,1-2H3. The molecule has 0 aliphatic heterocycles. The second-order valence-corrected chi connectivity index (χ2v) is 8.29. The number of alkyl halides is 1. The minimum Gasteiger partial charge on any atom is -0.211 e. The van der Waals surface area contributed by atoms with Gasteiger partial charge in [-0.05, 0) is 39.5 Å². The summed E-state index contributed by atoms with van der Waals surface area (Å²) in [6, 6.07) is 4.53. The molecule has 0 amide bonds. The quantitative estimate of drug-likeness (QED) is 0.738. The molecule has 0 radical (unpaired) electrons.